The van der Waals surface area contributed by atoms with E-state index >= 15 is 0 Å². The SMILES string of the molecule is COc1ccc(OC)c(S(=O)(=O)Nc2ccc3nc(C)cn3c2)c1. The molecule has 8 heteroatoms. The molecule has 0 aliphatic rings. The van der Waals surface area contributed by atoms with E-state index in [4.69, 9.17) is 9.47 Å². The Hall–Kier alpha value is -2.74. The number of pyridine rings is 1. The Balaban J connectivity index is 2.00. The highest BCUT2D eigenvalue weighted by Gasteiger charge is 2.21. The van der Waals surface area contributed by atoms with Gasteiger partial charge in [0.15, 0.2) is 0 Å². The molecule has 0 fully saturated rings. The number of aryl methyl sites for hydroxylation is 1. The van der Waals surface area contributed by atoms with Gasteiger partial charge in [-0.3, -0.25) is 4.72 Å². The molecule has 0 saturated heterocycles. The molecule has 0 spiro atoms. The average molecular weight is 347 g/mol. The first-order chi connectivity index (χ1) is 11.4. The third-order valence-corrected chi connectivity index (χ3v) is 4.89. The number of imidazole rings is 1. The van der Waals surface area contributed by atoms with Crippen LogP contribution in [0.3, 0.4) is 0 Å². The molecule has 1 aromatic carbocycles. The van der Waals surface area contributed by atoms with Crippen LogP contribution < -0.4 is 14.2 Å². The summed E-state index contributed by atoms with van der Waals surface area (Å²) in [6, 6.07) is 8.01. The number of methoxy groups -OCH3 is 2. The van der Waals surface area contributed by atoms with Crippen LogP contribution in [0.4, 0.5) is 5.69 Å². The van der Waals surface area contributed by atoms with Crippen molar-refractivity contribution in [3.63, 3.8) is 0 Å². The number of hydrogen-bond acceptors (Lipinski definition) is 5. The monoisotopic (exact) mass is 347 g/mol. The summed E-state index contributed by atoms with van der Waals surface area (Å²) in [4.78, 5) is 4.31. The summed E-state index contributed by atoms with van der Waals surface area (Å²) in [5.74, 6) is 0.666. The summed E-state index contributed by atoms with van der Waals surface area (Å²) in [5.41, 5.74) is 2.02. The van der Waals surface area contributed by atoms with Gasteiger partial charge in [-0.1, -0.05) is 0 Å². The van der Waals surface area contributed by atoms with Crippen LogP contribution in [0.15, 0.2) is 47.6 Å². The average Bonchev–Trinajstić information content (AvgIpc) is 2.93. The Morgan fingerprint density at radius 2 is 1.88 bits per heavy atom. The predicted molar refractivity (Wildman–Crippen MR) is 90.3 cm³/mol. The van der Waals surface area contributed by atoms with Crippen molar-refractivity contribution < 1.29 is 17.9 Å². The van der Waals surface area contributed by atoms with Gasteiger partial charge in [-0.25, -0.2) is 13.4 Å². The van der Waals surface area contributed by atoms with Crippen LogP contribution in [-0.2, 0) is 10.0 Å². The molecule has 0 saturated carbocycles. The van der Waals surface area contributed by atoms with E-state index in [1.807, 2.05) is 13.1 Å². The first-order valence-corrected chi connectivity index (χ1v) is 8.61. The number of hydrogen-bond donors (Lipinski definition) is 1. The number of ether oxygens (including phenoxy) is 2. The number of fused-ring (bicyclic) bond motifs is 1. The molecule has 1 N–H and O–H groups in total. The van der Waals surface area contributed by atoms with Crippen molar-refractivity contribution >= 4 is 21.4 Å². The normalized spacial score (nSPS) is 11.5. The number of nitrogens with zero attached hydrogens (tertiary/aromatic N) is 2. The van der Waals surface area contributed by atoms with E-state index in [0.717, 1.165) is 11.3 Å². The zero-order chi connectivity index (χ0) is 17.3. The summed E-state index contributed by atoms with van der Waals surface area (Å²) >= 11 is 0. The third kappa shape index (κ3) is 3.00. The summed E-state index contributed by atoms with van der Waals surface area (Å²) in [6.07, 6.45) is 3.48. The van der Waals surface area contributed by atoms with E-state index in [2.05, 4.69) is 9.71 Å². The fraction of sp³-hybridized carbons (Fsp3) is 0.188. The van der Waals surface area contributed by atoms with E-state index in [0.29, 0.717) is 11.4 Å². The van der Waals surface area contributed by atoms with Crippen molar-refractivity contribution in [3.05, 3.63) is 48.4 Å². The van der Waals surface area contributed by atoms with Crippen molar-refractivity contribution in [1.29, 1.82) is 0 Å². The predicted octanol–water partition coefficient (Wildman–Crippen LogP) is 2.46. The summed E-state index contributed by atoms with van der Waals surface area (Å²) in [5, 5.41) is 0. The zero-order valence-electron chi connectivity index (χ0n) is 13.5. The second-order valence-corrected chi connectivity index (χ2v) is 6.84. The molecule has 24 heavy (non-hydrogen) atoms. The standard InChI is InChI=1S/C16H17N3O4S/c1-11-9-19-10-12(4-7-16(19)17-11)18-24(20,21)15-8-13(22-2)5-6-14(15)23-3/h4-10,18H,1-3H3. The lowest BCUT2D eigenvalue weighted by atomic mass is 10.3. The first-order valence-electron chi connectivity index (χ1n) is 7.13. The highest BCUT2D eigenvalue weighted by Crippen LogP contribution is 2.29. The molecule has 3 rings (SSSR count). The van der Waals surface area contributed by atoms with Crippen molar-refractivity contribution in [1.82, 2.24) is 9.38 Å². The Morgan fingerprint density at radius 1 is 1.08 bits per heavy atom. The van der Waals surface area contributed by atoms with Gasteiger partial charge < -0.3 is 13.9 Å². The molecule has 0 amide bonds. The zero-order valence-corrected chi connectivity index (χ0v) is 14.3. The Labute approximate surface area is 139 Å². The van der Waals surface area contributed by atoms with E-state index in [1.165, 1.54) is 20.3 Å². The van der Waals surface area contributed by atoms with Crippen LogP contribution in [0.1, 0.15) is 5.69 Å². The molecular weight excluding hydrogens is 330 g/mol. The number of sulfonamides is 1. The Morgan fingerprint density at radius 3 is 2.58 bits per heavy atom. The highest BCUT2D eigenvalue weighted by atomic mass is 32.2. The molecule has 3 aromatic rings. The van der Waals surface area contributed by atoms with E-state index < -0.39 is 10.0 Å². The van der Waals surface area contributed by atoms with E-state index in [-0.39, 0.29) is 10.6 Å². The minimum atomic E-state index is -3.84. The van der Waals surface area contributed by atoms with Gasteiger partial charge in [-0.2, -0.15) is 0 Å². The summed E-state index contributed by atoms with van der Waals surface area (Å²) in [7, 11) is -0.948. The largest absolute Gasteiger partial charge is 0.497 e. The molecule has 2 heterocycles. The second kappa shape index (κ2) is 6.04. The van der Waals surface area contributed by atoms with Gasteiger partial charge in [0.1, 0.15) is 22.0 Å². The number of aromatic nitrogens is 2. The minimum absolute atomic E-state index is 0.00580. The van der Waals surface area contributed by atoms with Gasteiger partial charge >= 0.3 is 0 Å². The van der Waals surface area contributed by atoms with E-state index in [9.17, 15) is 8.42 Å². The Bertz CT molecular complexity index is 996. The smallest absolute Gasteiger partial charge is 0.265 e. The highest BCUT2D eigenvalue weighted by molar-refractivity contribution is 7.92. The summed E-state index contributed by atoms with van der Waals surface area (Å²) in [6.45, 7) is 1.87. The molecular formula is C16H17N3O4S. The molecule has 0 radical (unpaired) electrons. The molecule has 126 valence electrons. The maximum absolute atomic E-state index is 12.7. The van der Waals surface area contributed by atoms with Crippen LogP contribution in [0.25, 0.3) is 5.65 Å². The maximum atomic E-state index is 12.7. The minimum Gasteiger partial charge on any atom is -0.497 e. The molecule has 2 aromatic heterocycles. The number of benzene rings is 1. The van der Waals surface area contributed by atoms with Gasteiger partial charge in [0.25, 0.3) is 10.0 Å². The lowest BCUT2D eigenvalue weighted by Gasteiger charge is -2.13. The molecule has 0 aliphatic heterocycles. The van der Waals surface area contributed by atoms with Gasteiger partial charge in [0, 0.05) is 18.5 Å². The quantitative estimate of drug-likeness (QED) is 0.767. The van der Waals surface area contributed by atoms with Crippen LogP contribution in [0.5, 0.6) is 11.5 Å². The number of nitrogens with one attached hydrogen (secondary N) is 1. The van der Waals surface area contributed by atoms with Crippen LogP contribution in [0, 0.1) is 6.92 Å². The molecule has 0 aliphatic carbocycles. The lowest BCUT2D eigenvalue weighted by Crippen LogP contribution is -2.14. The van der Waals surface area contributed by atoms with Crippen molar-refractivity contribution in [2.75, 3.05) is 18.9 Å². The van der Waals surface area contributed by atoms with Crippen LogP contribution in [0.2, 0.25) is 0 Å². The van der Waals surface area contributed by atoms with Gasteiger partial charge in [-0.15, -0.1) is 0 Å². The van der Waals surface area contributed by atoms with Crippen molar-refractivity contribution in [3.8, 4) is 11.5 Å². The molecule has 7 nitrogen and oxygen atoms in total. The molecule has 0 atom stereocenters. The van der Waals surface area contributed by atoms with Gasteiger partial charge in [-0.05, 0) is 31.2 Å². The van der Waals surface area contributed by atoms with E-state index in [1.54, 1.807) is 34.9 Å². The lowest BCUT2D eigenvalue weighted by molar-refractivity contribution is 0.392. The van der Waals surface area contributed by atoms with Crippen LogP contribution in [-0.4, -0.2) is 32.0 Å². The Kier molecular flexibility index (Phi) is 4.06. The first kappa shape index (κ1) is 16.1. The van der Waals surface area contributed by atoms with Gasteiger partial charge in [0.05, 0.1) is 25.6 Å². The fourth-order valence-electron chi connectivity index (χ4n) is 2.38. The molecule has 0 unspecified atom stereocenters. The maximum Gasteiger partial charge on any atom is 0.265 e. The third-order valence-electron chi connectivity index (χ3n) is 3.48. The van der Waals surface area contributed by atoms with Crippen LogP contribution >= 0.6 is 0 Å². The number of anilines is 1. The fourth-order valence-corrected chi connectivity index (χ4v) is 3.61. The van der Waals surface area contributed by atoms with Crippen molar-refractivity contribution in [2.45, 2.75) is 11.8 Å². The topological polar surface area (TPSA) is 81.9 Å². The molecule has 0 bridgehead atoms. The number of rotatable bonds is 5. The van der Waals surface area contributed by atoms with Crippen molar-refractivity contribution in [2.24, 2.45) is 0 Å². The van der Waals surface area contributed by atoms with Gasteiger partial charge in [0.2, 0.25) is 0 Å². The summed E-state index contributed by atoms with van der Waals surface area (Å²) < 4.78 is 40.0. The second-order valence-electron chi connectivity index (χ2n) is 5.19.